The van der Waals surface area contributed by atoms with E-state index in [-0.39, 0.29) is 24.3 Å². The first-order chi connectivity index (χ1) is 13.2. The van der Waals surface area contributed by atoms with Gasteiger partial charge in [0.25, 0.3) is 0 Å². The lowest BCUT2D eigenvalue weighted by Gasteiger charge is -2.21. The molecule has 140 valence electrons. The quantitative estimate of drug-likeness (QED) is 0.419. The zero-order chi connectivity index (χ0) is 18.8. The first-order valence-electron chi connectivity index (χ1n) is 8.68. The van der Waals surface area contributed by atoms with Gasteiger partial charge in [0.05, 0.1) is 18.3 Å². The number of hydrogen-bond donors (Lipinski definition) is 5. The number of aliphatic hydroxyl groups excluding tert-OH is 2. The molecule has 3 aromatic heterocycles. The van der Waals surface area contributed by atoms with Crippen molar-refractivity contribution < 1.29 is 10.2 Å². The Balaban J connectivity index is 1.61. The number of pyridine rings is 1. The molecule has 4 rings (SSSR count). The Morgan fingerprint density at radius 2 is 2.07 bits per heavy atom. The molecule has 5 N–H and O–H groups in total. The number of imidazole rings is 1. The van der Waals surface area contributed by atoms with Gasteiger partial charge >= 0.3 is 0 Å². The number of aliphatic hydroxyl groups is 2. The lowest BCUT2D eigenvalue weighted by atomic mass is 10.1. The second-order valence-corrected chi connectivity index (χ2v) is 6.49. The second-order valence-electron chi connectivity index (χ2n) is 6.49. The molecule has 27 heavy (non-hydrogen) atoms. The van der Waals surface area contributed by atoms with Gasteiger partial charge in [-0.3, -0.25) is 4.40 Å². The summed E-state index contributed by atoms with van der Waals surface area (Å²) in [6.45, 7) is -0.0557. The smallest absolute Gasteiger partial charge is 0.170 e. The van der Waals surface area contributed by atoms with E-state index >= 15 is 0 Å². The van der Waals surface area contributed by atoms with Crippen molar-refractivity contribution in [1.29, 1.82) is 5.53 Å². The van der Waals surface area contributed by atoms with E-state index in [0.717, 1.165) is 12.1 Å². The third-order valence-electron chi connectivity index (χ3n) is 4.90. The summed E-state index contributed by atoms with van der Waals surface area (Å²) in [6.07, 6.45) is 5.65. The maximum absolute atomic E-state index is 10.3. The second kappa shape index (κ2) is 7.25. The van der Waals surface area contributed by atoms with Crippen LogP contribution >= 0.6 is 0 Å². The number of rotatable bonds is 6. The van der Waals surface area contributed by atoms with E-state index < -0.39 is 6.10 Å². The SMILES string of the molecule is N=Nc1c(Nc2cnc3ccccn23)ncnc1NC1CCC(CO)C1O. The molecule has 0 saturated heterocycles. The fraction of sp³-hybridized carbons (Fsp3) is 0.353. The molecule has 1 aliphatic carbocycles. The minimum Gasteiger partial charge on any atom is -0.396 e. The summed E-state index contributed by atoms with van der Waals surface area (Å²) in [5.74, 6) is 1.25. The van der Waals surface area contributed by atoms with E-state index in [1.807, 2.05) is 28.8 Å². The predicted molar refractivity (Wildman–Crippen MR) is 98.5 cm³/mol. The van der Waals surface area contributed by atoms with Gasteiger partial charge in [-0.25, -0.2) is 20.5 Å². The van der Waals surface area contributed by atoms with Crippen LogP contribution in [0.5, 0.6) is 0 Å². The standard InChI is InChI=1S/C17H20N8O2/c18-24-14-16(22-11-5-4-10(8-26)15(11)27)20-9-21-17(14)23-13-7-19-12-3-1-2-6-25(12)13/h1-3,6-7,9-11,15,18,26-27H,4-5,8H2,(H2,20,21,22,23). The van der Waals surface area contributed by atoms with Crippen molar-refractivity contribution in [1.82, 2.24) is 19.4 Å². The molecule has 0 aliphatic heterocycles. The van der Waals surface area contributed by atoms with E-state index in [0.29, 0.717) is 23.9 Å². The summed E-state index contributed by atoms with van der Waals surface area (Å²) >= 11 is 0. The minimum absolute atomic E-state index is 0.0557. The van der Waals surface area contributed by atoms with Crippen LogP contribution in [0.15, 0.2) is 42.0 Å². The molecule has 10 heteroatoms. The summed E-state index contributed by atoms with van der Waals surface area (Å²) in [5.41, 5.74) is 8.57. The van der Waals surface area contributed by atoms with Crippen LogP contribution in [0.4, 0.5) is 23.1 Å². The van der Waals surface area contributed by atoms with Crippen LogP contribution in [-0.2, 0) is 0 Å². The van der Waals surface area contributed by atoms with Gasteiger partial charge in [0.15, 0.2) is 17.3 Å². The first-order valence-corrected chi connectivity index (χ1v) is 8.68. The molecule has 3 unspecified atom stereocenters. The monoisotopic (exact) mass is 368 g/mol. The van der Waals surface area contributed by atoms with Crippen molar-refractivity contribution in [3.8, 4) is 0 Å². The van der Waals surface area contributed by atoms with E-state index in [1.54, 1.807) is 6.20 Å². The maximum Gasteiger partial charge on any atom is 0.170 e. The Morgan fingerprint density at radius 1 is 1.22 bits per heavy atom. The van der Waals surface area contributed by atoms with Crippen molar-refractivity contribution >= 4 is 28.8 Å². The number of nitrogens with zero attached hydrogens (tertiary/aromatic N) is 5. The maximum atomic E-state index is 10.3. The van der Waals surface area contributed by atoms with E-state index in [9.17, 15) is 10.2 Å². The lowest BCUT2D eigenvalue weighted by molar-refractivity contribution is 0.0846. The van der Waals surface area contributed by atoms with Gasteiger partial charge in [-0.15, -0.1) is 0 Å². The summed E-state index contributed by atoms with van der Waals surface area (Å²) in [5, 5.41) is 29.5. The molecule has 3 aromatic rings. The lowest BCUT2D eigenvalue weighted by Crippen LogP contribution is -2.33. The molecule has 0 aromatic carbocycles. The van der Waals surface area contributed by atoms with Gasteiger partial charge in [-0.2, -0.15) is 5.11 Å². The molecule has 3 atom stereocenters. The third kappa shape index (κ3) is 3.20. The summed E-state index contributed by atoms with van der Waals surface area (Å²) in [7, 11) is 0. The van der Waals surface area contributed by atoms with Crippen molar-refractivity contribution in [2.75, 3.05) is 17.2 Å². The molecule has 0 spiro atoms. The van der Waals surface area contributed by atoms with Crippen LogP contribution < -0.4 is 10.6 Å². The van der Waals surface area contributed by atoms with Crippen LogP contribution in [0.1, 0.15) is 12.8 Å². The van der Waals surface area contributed by atoms with Gasteiger partial charge in [-0.1, -0.05) is 6.07 Å². The Morgan fingerprint density at radius 3 is 2.85 bits per heavy atom. The Labute approximate surface area is 154 Å². The average Bonchev–Trinajstić information content (AvgIpc) is 3.26. The number of fused-ring (bicyclic) bond motifs is 1. The Kier molecular flexibility index (Phi) is 4.65. The van der Waals surface area contributed by atoms with E-state index in [1.165, 1.54) is 6.33 Å². The number of aromatic nitrogens is 4. The fourth-order valence-corrected chi connectivity index (χ4v) is 3.42. The summed E-state index contributed by atoms with van der Waals surface area (Å²) < 4.78 is 1.86. The largest absolute Gasteiger partial charge is 0.396 e. The highest BCUT2D eigenvalue weighted by Gasteiger charge is 2.35. The van der Waals surface area contributed by atoms with Gasteiger partial charge in [-0.05, 0) is 25.0 Å². The van der Waals surface area contributed by atoms with E-state index in [4.69, 9.17) is 5.53 Å². The van der Waals surface area contributed by atoms with Crippen LogP contribution in [0, 0.1) is 11.4 Å². The summed E-state index contributed by atoms with van der Waals surface area (Å²) in [6, 6.07) is 5.41. The van der Waals surface area contributed by atoms with Crippen molar-refractivity contribution in [2.45, 2.75) is 25.0 Å². The van der Waals surface area contributed by atoms with Crippen LogP contribution in [0.2, 0.25) is 0 Å². The molecule has 0 amide bonds. The molecule has 1 aliphatic rings. The number of nitrogens with one attached hydrogen (secondary N) is 3. The zero-order valence-electron chi connectivity index (χ0n) is 14.4. The molecule has 3 heterocycles. The molecule has 1 saturated carbocycles. The van der Waals surface area contributed by atoms with Gasteiger partial charge < -0.3 is 20.8 Å². The van der Waals surface area contributed by atoms with Crippen LogP contribution in [0.3, 0.4) is 0 Å². The highest BCUT2D eigenvalue weighted by Crippen LogP contribution is 2.35. The predicted octanol–water partition coefficient (Wildman–Crippen LogP) is 2.07. The molecule has 0 bridgehead atoms. The number of anilines is 3. The third-order valence-corrected chi connectivity index (χ3v) is 4.90. The molecule has 1 fully saturated rings. The highest BCUT2D eigenvalue weighted by atomic mass is 16.3. The van der Waals surface area contributed by atoms with Gasteiger partial charge in [0.1, 0.15) is 17.8 Å². The molecule has 0 radical (unpaired) electrons. The van der Waals surface area contributed by atoms with Crippen LogP contribution in [0.25, 0.3) is 5.65 Å². The minimum atomic E-state index is -0.682. The van der Waals surface area contributed by atoms with E-state index in [2.05, 4.69) is 30.7 Å². The Bertz CT molecular complexity index is 959. The van der Waals surface area contributed by atoms with Crippen molar-refractivity contribution in [3.63, 3.8) is 0 Å². The first kappa shape index (κ1) is 17.3. The molecular weight excluding hydrogens is 348 g/mol. The summed E-state index contributed by atoms with van der Waals surface area (Å²) in [4.78, 5) is 12.7. The number of hydrogen-bond acceptors (Lipinski definition) is 9. The normalized spacial score (nSPS) is 22.1. The highest BCUT2D eigenvalue weighted by molar-refractivity contribution is 5.76. The Hall–Kier alpha value is -3.11. The topological polar surface area (TPSA) is 144 Å². The van der Waals surface area contributed by atoms with Gasteiger partial charge in [0, 0.05) is 18.7 Å². The fourth-order valence-electron chi connectivity index (χ4n) is 3.42. The average molecular weight is 368 g/mol. The van der Waals surface area contributed by atoms with Gasteiger partial charge in [0.2, 0.25) is 0 Å². The molecular formula is C17H20N8O2. The molecule has 10 nitrogen and oxygen atoms in total. The van der Waals surface area contributed by atoms with Crippen molar-refractivity contribution in [2.24, 2.45) is 11.0 Å². The zero-order valence-corrected chi connectivity index (χ0v) is 14.4. The van der Waals surface area contributed by atoms with Crippen molar-refractivity contribution in [3.05, 3.63) is 36.9 Å². The van der Waals surface area contributed by atoms with Crippen LogP contribution in [-0.4, -0.2) is 48.3 Å².